The van der Waals surface area contributed by atoms with Gasteiger partial charge >= 0.3 is 0 Å². The van der Waals surface area contributed by atoms with Crippen LogP contribution in [0.3, 0.4) is 0 Å². The van der Waals surface area contributed by atoms with Crippen molar-refractivity contribution in [2.75, 3.05) is 0 Å². The summed E-state index contributed by atoms with van der Waals surface area (Å²) in [7, 11) is 0. The zero-order valence-electron chi connectivity index (χ0n) is 11.5. The van der Waals surface area contributed by atoms with Crippen molar-refractivity contribution in [3.05, 3.63) is 41.6 Å². The topological polar surface area (TPSA) is 33.1 Å². The summed E-state index contributed by atoms with van der Waals surface area (Å²) in [5.41, 5.74) is 2.48. The highest BCUT2D eigenvalue weighted by atomic mass is 16.3. The monoisotopic (exact) mass is 255 g/mol. The van der Waals surface area contributed by atoms with Gasteiger partial charge in [-0.3, -0.25) is 4.98 Å². The number of hydrogen-bond acceptors (Lipinski definition) is 2. The lowest BCUT2D eigenvalue weighted by Gasteiger charge is -2.27. The van der Waals surface area contributed by atoms with E-state index in [0.717, 1.165) is 47.8 Å². The molecule has 0 unspecified atom stereocenters. The van der Waals surface area contributed by atoms with Crippen molar-refractivity contribution < 1.29 is 5.11 Å². The second-order valence-electron chi connectivity index (χ2n) is 5.81. The highest BCUT2D eigenvalue weighted by molar-refractivity contribution is 5.79. The van der Waals surface area contributed by atoms with Crippen molar-refractivity contribution in [2.45, 2.75) is 51.0 Å². The van der Waals surface area contributed by atoms with Gasteiger partial charge in [0, 0.05) is 11.1 Å². The van der Waals surface area contributed by atoms with Crippen molar-refractivity contribution >= 4 is 10.9 Å². The Balaban J connectivity index is 2.02. The van der Waals surface area contributed by atoms with Gasteiger partial charge in [-0.1, -0.05) is 37.8 Å². The number of aryl methyl sites for hydroxylation is 1. The molecule has 0 spiro atoms. The highest BCUT2D eigenvalue weighted by Gasteiger charge is 2.29. The molecule has 1 aliphatic rings. The first-order valence-corrected chi connectivity index (χ1v) is 7.28. The van der Waals surface area contributed by atoms with Crippen molar-refractivity contribution in [1.29, 1.82) is 0 Å². The Morgan fingerprint density at radius 3 is 2.47 bits per heavy atom. The van der Waals surface area contributed by atoms with Crippen LogP contribution in [0.2, 0.25) is 0 Å². The van der Waals surface area contributed by atoms with Gasteiger partial charge in [0.1, 0.15) is 0 Å². The molecule has 0 saturated heterocycles. The van der Waals surface area contributed by atoms with Gasteiger partial charge in [-0.05, 0) is 43.5 Å². The van der Waals surface area contributed by atoms with E-state index in [9.17, 15) is 5.11 Å². The van der Waals surface area contributed by atoms with Crippen LogP contribution < -0.4 is 0 Å². The largest absolute Gasteiger partial charge is 0.385 e. The zero-order valence-corrected chi connectivity index (χ0v) is 11.5. The van der Waals surface area contributed by atoms with Crippen molar-refractivity contribution in [1.82, 2.24) is 4.98 Å². The second kappa shape index (κ2) is 4.93. The van der Waals surface area contributed by atoms with Crippen LogP contribution >= 0.6 is 0 Å². The molecular formula is C17H21NO. The molecule has 0 amide bonds. The molecule has 0 atom stereocenters. The first-order chi connectivity index (χ1) is 9.17. The second-order valence-corrected chi connectivity index (χ2v) is 5.81. The number of aliphatic hydroxyl groups is 1. The fourth-order valence-corrected chi connectivity index (χ4v) is 3.12. The molecular weight excluding hydrogens is 234 g/mol. The van der Waals surface area contributed by atoms with E-state index in [0.29, 0.717) is 0 Å². The van der Waals surface area contributed by atoms with Gasteiger partial charge in [0.2, 0.25) is 0 Å². The van der Waals surface area contributed by atoms with Crippen LogP contribution in [0.5, 0.6) is 0 Å². The first kappa shape index (κ1) is 12.6. The Bertz CT molecular complexity index is 583. The molecule has 2 aromatic rings. The molecule has 2 heteroatoms. The SMILES string of the molecule is Cc1ccc2cc(C3(O)CCCCCC3)ccc2n1. The molecule has 3 rings (SSSR count). The molecule has 0 bridgehead atoms. The average Bonchev–Trinajstić information content (AvgIpc) is 2.64. The lowest BCUT2D eigenvalue weighted by atomic mass is 9.86. The van der Waals surface area contributed by atoms with E-state index in [1.165, 1.54) is 12.8 Å². The summed E-state index contributed by atoms with van der Waals surface area (Å²) < 4.78 is 0. The van der Waals surface area contributed by atoms with E-state index in [-0.39, 0.29) is 0 Å². The van der Waals surface area contributed by atoms with E-state index >= 15 is 0 Å². The molecule has 2 nitrogen and oxygen atoms in total. The minimum atomic E-state index is -0.629. The third kappa shape index (κ3) is 2.50. The summed E-state index contributed by atoms with van der Waals surface area (Å²) in [5, 5.41) is 12.0. The van der Waals surface area contributed by atoms with E-state index < -0.39 is 5.60 Å². The molecule has 0 radical (unpaired) electrons. The van der Waals surface area contributed by atoms with Gasteiger partial charge in [0.25, 0.3) is 0 Å². The normalized spacial score (nSPS) is 19.3. The molecule has 0 aliphatic heterocycles. The predicted molar refractivity (Wildman–Crippen MR) is 78.1 cm³/mol. The van der Waals surface area contributed by atoms with Crippen LogP contribution in [-0.4, -0.2) is 10.1 Å². The third-order valence-corrected chi connectivity index (χ3v) is 4.30. The predicted octanol–water partition coefficient (Wildman–Crippen LogP) is 4.09. The summed E-state index contributed by atoms with van der Waals surface area (Å²) in [6.07, 6.45) is 6.52. The van der Waals surface area contributed by atoms with Gasteiger partial charge in [-0.2, -0.15) is 0 Å². The minimum absolute atomic E-state index is 0.629. The molecule has 1 fully saturated rings. The van der Waals surface area contributed by atoms with Crippen LogP contribution in [0.4, 0.5) is 0 Å². The van der Waals surface area contributed by atoms with Gasteiger partial charge in [-0.15, -0.1) is 0 Å². The maximum atomic E-state index is 10.9. The van der Waals surface area contributed by atoms with Crippen molar-refractivity contribution in [2.24, 2.45) is 0 Å². The Hall–Kier alpha value is -1.41. The zero-order chi connectivity index (χ0) is 13.3. The average molecular weight is 255 g/mol. The Labute approximate surface area is 114 Å². The van der Waals surface area contributed by atoms with E-state index in [2.05, 4.69) is 23.2 Å². The standard InChI is InChI=1S/C17H21NO/c1-13-6-7-14-12-15(8-9-16(14)18-13)17(19)10-4-2-3-5-11-17/h6-9,12,19H,2-5,10-11H2,1H3. The number of nitrogens with zero attached hydrogens (tertiary/aromatic N) is 1. The lowest BCUT2D eigenvalue weighted by Crippen LogP contribution is -2.24. The first-order valence-electron chi connectivity index (χ1n) is 7.28. The molecule has 1 heterocycles. The number of hydrogen-bond donors (Lipinski definition) is 1. The number of fused-ring (bicyclic) bond motifs is 1. The van der Waals surface area contributed by atoms with Crippen LogP contribution in [0.15, 0.2) is 30.3 Å². The Morgan fingerprint density at radius 2 is 1.74 bits per heavy atom. The molecule has 19 heavy (non-hydrogen) atoms. The fourth-order valence-electron chi connectivity index (χ4n) is 3.12. The number of benzene rings is 1. The molecule has 1 saturated carbocycles. The summed E-state index contributed by atoms with van der Waals surface area (Å²) >= 11 is 0. The summed E-state index contributed by atoms with van der Waals surface area (Å²) in [6.45, 7) is 2.01. The quantitative estimate of drug-likeness (QED) is 0.779. The maximum Gasteiger partial charge on any atom is 0.0896 e. The number of pyridine rings is 1. The smallest absolute Gasteiger partial charge is 0.0896 e. The summed E-state index contributed by atoms with van der Waals surface area (Å²) in [5.74, 6) is 0. The van der Waals surface area contributed by atoms with Crippen LogP contribution in [0.25, 0.3) is 10.9 Å². The molecule has 100 valence electrons. The minimum Gasteiger partial charge on any atom is -0.385 e. The van der Waals surface area contributed by atoms with Crippen LogP contribution in [-0.2, 0) is 5.60 Å². The van der Waals surface area contributed by atoms with Gasteiger partial charge < -0.3 is 5.11 Å². The maximum absolute atomic E-state index is 10.9. The van der Waals surface area contributed by atoms with Gasteiger partial charge in [-0.25, -0.2) is 0 Å². The third-order valence-electron chi connectivity index (χ3n) is 4.30. The number of rotatable bonds is 1. The van der Waals surface area contributed by atoms with Crippen molar-refractivity contribution in [3.63, 3.8) is 0 Å². The van der Waals surface area contributed by atoms with Crippen LogP contribution in [0, 0.1) is 6.92 Å². The van der Waals surface area contributed by atoms with E-state index in [4.69, 9.17) is 0 Å². The van der Waals surface area contributed by atoms with E-state index in [1.54, 1.807) is 0 Å². The number of aromatic nitrogens is 1. The van der Waals surface area contributed by atoms with Gasteiger partial charge in [0.15, 0.2) is 0 Å². The van der Waals surface area contributed by atoms with Crippen LogP contribution in [0.1, 0.15) is 49.8 Å². The molecule has 1 N–H and O–H groups in total. The lowest BCUT2D eigenvalue weighted by molar-refractivity contribution is 0.0208. The Kier molecular flexibility index (Phi) is 3.28. The molecule has 1 aromatic heterocycles. The molecule has 1 aliphatic carbocycles. The fraction of sp³-hybridized carbons (Fsp3) is 0.471. The van der Waals surface area contributed by atoms with E-state index in [1.807, 2.05) is 19.1 Å². The Morgan fingerprint density at radius 1 is 1.00 bits per heavy atom. The summed E-state index contributed by atoms with van der Waals surface area (Å²) in [6, 6.07) is 10.3. The van der Waals surface area contributed by atoms with Crippen molar-refractivity contribution in [3.8, 4) is 0 Å². The van der Waals surface area contributed by atoms with Gasteiger partial charge in [0.05, 0.1) is 11.1 Å². The highest BCUT2D eigenvalue weighted by Crippen LogP contribution is 2.36. The summed E-state index contributed by atoms with van der Waals surface area (Å²) in [4.78, 5) is 4.52. The molecule has 1 aromatic carbocycles.